The van der Waals surface area contributed by atoms with Crippen LogP contribution >= 0.6 is 0 Å². The molecule has 0 fully saturated rings. The summed E-state index contributed by atoms with van der Waals surface area (Å²) in [5.74, 6) is 1.54. The predicted molar refractivity (Wildman–Crippen MR) is 51.2 cm³/mol. The number of rotatable bonds is 6. The van der Waals surface area contributed by atoms with E-state index in [1.165, 1.54) is 0 Å². The molecule has 0 heterocycles. The van der Waals surface area contributed by atoms with Gasteiger partial charge in [0.15, 0.2) is 0 Å². The van der Waals surface area contributed by atoms with Crippen molar-refractivity contribution in [3.8, 4) is 0 Å². The van der Waals surface area contributed by atoms with Crippen molar-refractivity contribution in [1.82, 2.24) is 5.32 Å². The lowest BCUT2D eigenvalue weighted by atomic mass is 10.5. The van der Waals surface area contributed by atoms with Crippen LogP contribution in [0.2, 0.25) is 0 Å². The lowest BCUT2D eigenvalue weighted by molar-refractivity contribution is 0.679. The predicted octanol–water partition coefficient (Wildman–Crippen LogP) is 0.921. The molecule has 66 valence electrons. The largest absolute Gasteiger partial charge is 0.312 e. The average molecular weight is 175 g/mol. The summed E-state index contributed by atoms with van der Waals surface area (Å²) in [5, 5.41) is 3.17. The minimum atomic E-state index is -0.619. The fourth-order valence-corrected chi connectivity index (χ4v) is 1.29. The van der Waals surface area contributed by atoms with Crippen LogP contribution < -0.4 is 5.32 Å². The van der Waals surface area contributed by atoms with Crippen molar-refractivity contribution in [3.05, 3.63) is 12.2 Å². The van der Waals surface area contributed by atoms with E-state index < -0.39 is 10.8 Å². The fraction of sp³-hybridized carbons (Fsp3) is 0.750. The Morgan fingerprint density at radius 2 is 2.27 bits per heavy atom. The number of hydrogen-bond donors (Lipinski definition) is 1. The second-order valence-corrected chi connectivity index (χ2v) is 4.07. The minimum absolute atomic E-state index is 0.619. The first-order chi connectivity index (χ1) is 5.31. The molecular weight excluding hydrogens is 158 g/mol. The molecule has 1 unspecified atom stereocenters. The van der Waals surface area contributed by atoms with Gasteiger partial charge in [0.2, 0.25) is 0 Å². The summed E-state index contributed by atoms with van der Waals surface area (Å²) in [6.07, 6.45) is 4.05. The average Bonchev–Trinajstić information content (AvgIpc) is 2.04. The molecule has 0 aromatic rings. The van der Waals surface area contributed by atoms with Crippen LogP contribution in [-0.2, 0) is 10.8 Å². The van der Waals surface area contributed by atoms with Gasteiger partial charge in [-0.15, -0.1) is 0 Å². The lowest BCUT2D eigenvalue weighted by Gasteiger charge is -1.99. The quantitative estimate of drug-likeness (QED) is 0.480. The van der Waals surface area contributed by atoms with Crippen LogP contribution in [0.3, 0.4) is 0 Å². The Morgan fingerprint density at radius 1 is 1.55 bits per heavy atom. The minimum Gasteiger partial charge on any atom is -0.312 e. The van der Waals surface area contributed by atoms with Crippen LogP contribution in [0.5, 0.6) is 0 Å². The van der Waals surface area contributed by atoms with Gasteiger partial charge >= 0.3 is 0 Å². The normalized spacial score (nSPS) is 14.0. The Morgan fingerprint density at radius 3 is 2.82 bits per heavy atom. The van der Waals surface area contributed by atoms with Crippen molar-refractivity contribution in [2.24, 2.45) is 0 Å². The van der Waals surface area contributed by atoms with Gasteiger partial charge in [0, 0.05) is 35.4 Å². The van der Waals surface area contributed by atoms with E-state index in [4.69, 9.17) is 0 Å². The summed E-state index contributed by atoms with van der Waals surface area (Å²) in [5.41, 5.74) is 0. The molecule has 0 rings (SSSR count). The summed E-state index contributed by atoms with van der Waals surface area (Å²) >= 11 is 0. The first-order valence-corrected chi connectivity index (χ1v) is 5.47. The zero-order valence-corrected chi connectivity index (χ0v) is 8.12. The molecule has 0 radical (unpaired) electrons. The standard InChI is InChI=1S/C8H17NOS/c1-3-5-6-9-7-8-11(10)4-2/h3,5,9H,4,6-8H2,1-2H3/b5-3+. The highest BCUT2D eigenvalue weighted by Crippen LogP contribution is 1.78. The fourth-order valence-electron chi connectivity index (χ4n) is 0.634. The third-order valence-corrected chi connectivity index (χ3v) is 2.63. The maximum atomic E-state index is 10.9. The topological polar surface area (TPSA) is 29.1 Å². The smallest absolute Gasteiger partial charge is 0.0360 e. The number of allylic oxidation sites excluding steroid dienone is 1. The highest BCUT2D eigenvalue weighted by molar-refractivity contribution is 7.84. The van der Waals surface area contributed by atoms with Crippen molar-refractivity contribution >= 4 is 10.8 Å². The van der Waals surface area contributed by atoms with Crippen molar-refractivity contribution < 1.29 is 4.21 Å². The molecule has 0 spiro atoms. The highest BCUT2D eigenvalue weighted by atomic mass is 32.2. The molecule has 1 N–H and O–H groups in total. The molecule has 0 amide bonds. The van der Waals surface area contributed by atoms with Crippen LogP contribution in [0.15, 0.2) is 12.2 Å². The third-order valence-electron chi connectivity index (χ3n) is 1.33. The van der Waals surface area contributed by atoms with E-state index in [1.54, 1.807) is 0 Å². The van der Waals surface area contributed by atoms with Gasteiger partial charge in [-0.05, 0) is 6.92 Å². The molecule has 0 aromatic heterocycles. The third kappa shape index (κ3) is 7.75. The summed E-state index contributed by atoms with van der Waals surface area (Å²) in [6.45, 7) is 5.68. The van der Waals surface area contributed by atoms with Crippen LogP contribution in [-0.4, -0.2) is 28.8 Å². The SMILES string of the molecule is C/C=C/CNCCS(=O)CC. The molecule has 2 nitrogen and oxygen atoms in total. The number of hydrogen-bond acceptors (Lipinski definition) is 2. The zero-order valence-electron chi connectivity index (χ0n) is 7.30. The molecule has 3 heteroatoms. The molecule has 0 aliphatic rings. The van der Waals surface area contributed by atoms with E-state index in [-0.39, 0.29) is 0 Å². The van der Waals surface area contributed by atoms with Crippen LogP contribution in [0.4, 0.5) is 0 Å². The van der Waals surface area contributed by atoms with E-state index in [9.17, 15) is 4.21 Å². The summed E-state index contributed by atoms with van der Waals surface area (Å²) in [6, 6.07) is 0. The van der Waals surface area contributed by atoms with Gasteiger partial charge in [-0.25, -0.2) is 0 Å². The molecule has 0 bridgehead atoms. The molecule has 1 atom stereocenters. The Bertz CT molecular complexity index is 134. The highest BCUT2D eigenvalue weighted by Gasteiger charge is 1.92. The lowest BCUT2D eigenvalue weighted by Crippen LogP contribution is -2.20. The van der Waals surface area contributed by atoms with Gasteiger partial charge < -0.3 is 5.32 Å². The summed E-state index contributed by atoms with van der Waals surface area (Å²) < 4.78 is 10.9. The van der Waals surface area contributed by atoms with E-state index in [1.807, 2.05) is 19.9 Å². The summed E-state index contributed by atoms with van der Waals surface area (Å²) in [4.78, 5) is 0. The Labute approximate surface area is 71.5 Å². The Hall–Kier alpha value is -0.150. The maximum Gasteiger partial charge on any atom is 0.0360 e. The van der Waals surface area contributed by atoms with Gasteiger partial charge in [0.1, 0.15) is 0 Å². The molecule has 0 aromatic carbocycles. The Kier molecular flexibility index (Phi) is 7.84. The molecule has 0 saturated carbocycles. The first-order valence-electron chi connectivity index (χ1n) is 3.98. The zero-order chi connectivity index (χ0) is 8.53. The van der Waals surface area contributed by atoms with E-state index in [2.05, 4.69) is 11.4 Å². The Balaban J connectivity index is 3.08. The van der Waals surface area contributed by atoms with Gasteiger partial charge in [0.25, 0.3) is 0 Å². The molecule has 0 saturated heterocycles. The van der Waals surface area contributed by atoms with Crippen LogP contribution in [0, 0.1) is 0 Å². The van der Waals surface area contributed by atoms with E-state index in [0.29, 0.717) is 0 Å². The van der Waals surface area contributed by atoms with Crippen LogP contribution in [0.25, 0.3) is 0 Å². The van der Waals surface area contributed by atoms with Crippen molar-refractivity contribution in [1.29, 1.82) is 0 Å². The molecule has 0 aliphatic carbocycles. The van der Waals surface area contributed by atoms with Gasteiger partial charge in [-0.1, -0.05) is 19.1 Å². The maximum absolute atomic E-state index is 10.9. The van der Waals surface area contributed by atoms with E-state index >= 15 is 0 Å². The van der Waals surface area contributed by atoms with Crippen molar-refractivity contribution in [2.45, 2.75) is 13.8 Å². The van der Waals surface area contributed by atoms with Crippen LogP contribution in [0.1, 0.15) is 13.8 Å². The summed E-state index contributed by atoms with van der Waals surface area (Å²) in [7, 11) is -0.619. The van der Waals surface area contributed by atoms with Crippen molar-refractivity contribution in [2.75, 3.05) is 24.6 Å². The van der Waals surface area contributed by atoms with Crippen molar-refractivity contribution in [3.63, 3.8) is 0 Å². The second-order valence-electron chi connectivity index (χ2n) is 2.21. The monoisotopic (exact) mass is 175 g/mol. The van der Waals surface area contributed by atoms with Gasteiger partial charge in [0.05, 0.1) is 0 Å². The number of nitrogens with one attached hydrogen (secondary N) is 1. The molecule has 11 heavy (non-hydrogen) atoms. The first kappa shape index (κ1) is 10.8. The molecule has 0 aliphatic heterocycles. The van der Waals surface area contributed by atoms with E-state index in [0.717, 1.165) is 24.6 Å². The van der Waals surface area contributed by atoms with Gasteiger partial charge in [-0.3, -0.25) is 4.21 Å². The van der Waals surface area contributed by atoms with Gasteiger partial charge in [-0.2, -0.15) is 0 Å². The second kappa shape index (κ2) is 7.95. The molecular formula is C8H17NOS.